The molecule has 1 saturated heterocycles. The summed E-state index contributed by atoms with van der Waals surface area (Å²) in [6.45, 7) is 4.03. The molecule has 0 bridgehead atoms. The van der Waals surface area contributed by atoms with Crippen LogP contribution in [0, 0.1) is 6.92 Å². The molecule has 2 aromatic rings. The number of rotatable bonds is 2. The number of anilines is 1. The van der Waals surface area contributed by atoms with E-state index in [9.17, 15) is 0 Å². The van der Waals surface area contributed by atoms with Crippen LogP contribution in [0.1, 0.15) is 12.1 Å². The van der Waals surface area contributed by atoms with Crippen LogP contribution in [0.25, 0.3) is 5.78 Å². The molecule has 3 rings (SSSR count). The van der Waals surface area contributed by atoms with Crippen LogP contribution >= 0.6 is 0 Å². The molecule has 6 nitrogen and oxygen atoms in total. The summed E-state index contributed by atoms with van der Waals surface area (Å²) in [6.07, 6.45) is 2.66. The Morgan fingerprint density at radius 1 is 1.56 bits per heavy atom. The van der Waals surface area contributed by atoms with Crippen LogP contribution in [0.15, 0.2) is 12.4 Å². The Hall–Kier alpha value is -1.69. The Labute approximate surface area is 93.1 Å². The van der Waals surface area contributed by atoms with E-state index >= 15 is 0 Å². The maximum absolute atomic E-state index is 4.30. The third-order valence-electron chi connectivity index (χ3n) is 2.79. The summed E-state index contributed by atoms with van der Waals surface area (Å²) in [5.41, 5.74) is 0.953. The van der Waals surface area contributed by atoms with Crippen molar-refractivity contribution in [2.75, 3.05) is 18.4 Å². The molecule has 0 amide bonds. The Bertz CT molecular complexity index is 499. The SMILES string of the molecule is Cc1cc(NC2CCNC2)n2ncnc2n1. The lowest BCUT2D eigenvalue weighted by atomic mass is 10.2. The zero-order chi connectivity index (χ0) is 11.0. The Balaban J connectivity index is 1.97. The minimum absolute atomic E-state index is 0.467. The van der Waals surface area contributed by atoms with E-state index in [4.69, 9.17) is 0 Å². The van der Waals surface area contributed by atoms with Crippen molar-refractivity contribution in [2.24, 2.45) is 0 Å². The molecule has 1 atom stereocenters. The summed E-state index contributed by atoms with van der Waals surface area (Å²) in [6, 6.07) is 2.47. The molecule has 6 heteroatoms. The number of aryl methyl sites for hydroxylation is 1. The van der Waals surface area contributed by atoms with Gasteiger partial charge < -0.3 is 10.6 Å². The van der Waals surface area contributed by atoms with Gasteiger partial charge in [-0.1, -0.05) is 0 Å². The standard InChI is InChI=1S/C10H14N6/c1-7-4-9(15-8-2-3-11-5-8)16-10(14-7)12-6-13-16/h4,6,8,11,15H,2-3,5H2,1H3. The van der Waals surface area contributed by atoms with E-state index in [1.54, 1.807) is 4.52 Å². The van der Waals surface area contributed by atoms with Gasteiger partial charge in [-0.15, -0.1) is 0 Å². The van der Waals surface area contributed by atoms with Crippen molar-refractivity contribution in [3.8, 4) is 0 Å². The number of fused-ring (bicyclic) bond motifs is 1. The zero-order valence-electron chi connectivity index (χ0n) is 9.14. The van der Waals surface area contributed by atoms with E-state index in [2.05, 4.69) is 25.7 Å². The molecule has 1 unspecified atom stereocenters. The van der Waals surface area contributed by atoms with E-state index in [1.165, 1.54) is 6.33 Å². The molecule has 2 N–H and O–H groups in total. The Morgan fingerprint density at radius 3 is 3.31 bits per heavy atom. The van der Waals surface area contributed by atoms with Gasteiger partial charge >= 0.3 is 0 Å². The topological polar surface area (TPSA) is 67.1 Å². The first-order chi connectivity index (χ1) is 7.83. The van der Waals surface area contributed by atoms with Crippen molar-refractivity contribution in [2.45, 2.75) is 19.4 Å². The molecule has 1 aliphatic heterocycles. The van der Waals surface area contributed by atoms with Crippen LogP contribution in [0.5, 0.6) is 0 Å². The summed E-state index contributed by atoms with van der Waals surface area (Å²) >= 11 is 0. The van der Waals surface area contributed by atoms with E-state index in [-0.39, 0.29) is 0 Å². The van der Waals surface area contributed by atoms with Gasteiger partial charge in [0, 0.05) is 24.3 Å². The second-order valence-corrected chi connectivity index (χ2v) is 4.09. The molecule has 1 fully saturated rings. The van der Waals surface area contributed by atoms with Gasteiger partial charge in [0.15, 0.2) is 0 Å². The highest BCUT2D eigenvalue weighted by Crippen LogP contribution is 2.13. The van der Waals surface area contributed by atoms with Crippen LogP contribution in [-0.2, 0) is 0 Å². The van der Waals surface area contributed by atoms with Crippen molar-refractivity contribution in [1.82, 2.24) is 24.9 Å². The molecular weight excluding hydrogens is 204 g/mol. The van der Waals surface area contributed by atoms with Gasteiger partial charge in [0.1, 0.15) is 12.1 Å². The molecule has 0 aromatic carbocycles. The summed E-state index contributed by atoms with van der Waals surface area (Å²) in [4.78, 5) is 8.40. The van der Waals surface area contributed by atoms with Crippen LogP contribution in [-0.4, -0.2) is 38.7 Å². The second-order valence-electron chi connectivity index (χ2n) is 4.09. The summed E-state index contributed by atoms with van der Waals surface area (Å²) in [5.74, 6) is 1.61. The molecular formula is C10H14N6. The molecule has 3 heterocycles. The van der Waals surface area contributed by atoms with Gasteiger partial charge in [0.2, 0.25) is 0 Å². The largest absolute Gasteiger partial charge is 0.366 e. The van der Waals surface area contributed by atoms with Gasteiger partial charge in [-0.25, -0.2) is 4.98 Å². The third-order valence-corrected chi connectivity index (χ3v) is 2.79. The van der Waals surface area contributed by atoms with Gasteiger partial charge in [0.05, 0.1) is 0 Å². The lowest BCUT2D eigenvalue weighted by Crippen LogP contribution is -2.23. The first kappa shape index (κ1) is 9.53. The highest BCUT2D eigenvalue weighted by Gasteiger charge is 2.15. The fourth-order valence-electron chi connectivity index (χ4n) is 2.02. The van der Waals surface area contributed by atoms with Crippen LogP contribution in [0.2, 0.25) is 0 Å². The first-order valence-electron chi connectivity index (χ1n) is 5.47. The number of hydrogen-bond acceptors (Lipinski definition) is 5. The van der Waals surface area contributed by atoms with Gasteiger partial charge in [0.25, 0.3) is 5.78 Å². The molecule has 0 radical (unpaired) electrons. The van der Waals surface area contributed by atoms with Crippen molar-refractivity contribution >= 4 is 11.6 Å². The average Bonchev–Trinajstić information content (AvgIpc) is 2.87. The second kappa shape index (κ2) is 3.71. The number of nitrogens with zero attached hydrogens (tertiary/aromatic N) is 4. The van der Waals surface area contributed by atoms with Crippen LogP contribution < -0.4 is 10.6 Å². The molecule has 2 aromatic heterocycles. The van der Waals surface area contributed by atoms with Crippen molar-refractivity contribution in [3.05, 3.63) is 18.1 Å². The third kappa shape index (κ3) is 1.61. The predicted molar refractivity (Wildman–Crippen MR) is 60.4 cm³/mol. The number of nitrogens with one attached hydrogen (secondary N) is 2. The molecule has 0 saturated carbocycles. The zero-order valence-corrected chi connectivity index (χ0v) is 9.14. The van der Waals surface area contributed by atoms with Crippen molar-refractivity contribution in [1.29, 1.82) is 0 Å². The summed E-state index contributed by atoms with van der Waals surface area (Å²) in [7, 11) is 0. The van der Waals surface area contributed by atoms with Crippen LogP contribution in [0.3, 0.4) is 0 Å². The normalized spacial score (nSPS) is 20.4. The van der Waals surface area contributed by atoms with Gasteiger partial charge in [-0.2, -0.15) is 14.6 Å². The number of aromatic nitrogens is 4. The van der Waals surface area contributed by atoms with E-state index in [1.807, 2.05) is 13.0 Å². The van der Waals surface area contributed by atoms with E-state index in [0.29, 0.717) is 11.8 Å². The van der Waals surface area contributed by atoms with Gasteiger partial charge in [-0.05, 0) is 19.9 Å². The van der Waals surface area contributed by atoms with Crippen molar-refractivity contribution < 1.29 is 0 Å². The van der Waals surface area contributed by atoms with Crippen LogP contribution in [0.4, 0.5) is 5.82 Å². The fraction of sp³-hybridized carbons (Fsp3) is 0.500. The quantitative estimate of drug-likeness (QED) is 0.754. The van der Waals surface area contributed by atoms with E-state index in [0.717, 1.165) is 31.0 Å². The lowest BCUT2D eigenvalue weighted by Gasteiger charge is -2.13. The molecule has 0 spiro atoms. The highest BCUT2D eigenvalue weighted by atomic mass is 15.4. The smallest absolute Gasteiger partial charge is 0.254 e. The Kier molecular flexibility index (Phi) is 2.21. The highest BCUT2D eigenvalue weighted by molar-refractivity contribution is 5.45. The number of hydrogen-bond donors (Lipinski definition) is 2. The lowest BCUT2D eigenvalue weighted by molar-refractivity contribution is 0.773. The predicted octanol–water partition coefficient (Wildman–Crippen LogP) is 0.207. The maximum atomic E-state index is 4.30. The summed E-state index contributed by atoms with van der Waals surface area (Å²) in [5, 5.41) is 11.0. The molecule has 84 valence electrons. The monoisotopic (exact) mass is 218 g/mol. The Morgan fingerprint density at radius 2 is 2.50 bits per heavy atom. The maximum Gasteiger partial charge on any atom is 0.254 e. The summed E-state index contributed by atoms with van der Waals surface area (Å²) < 4.78 is 1.74. The van der Waals surface area contributed by atoms with Gasteiger partial charge in [-0.3, -0.25) is 0 Å². The fourth-order valence-corrected chi connectivity index (χ4v) is 2.02. The molecule has 1 aliphatic rings. The van der Waals surface area contributed by atoms with E-state index < -0.39 is 0 Å². The van der Waals surface area contributed by atoms with Crippen molar-refractivity contribution in [3.63, 3.8) is 0 Å². The molecule has 0 aliphatic carbocycles. The first-order valence-corrected chi connectivity index (χ1v) is 5.47. The average molecular weight is 218 g/mol. The molecule has 16 heavy (non-hydrogen) atoms. The minimum atomic E-state index is 0.467. The minimum Gasteiger partial charge on any atom is -0.366 e.